The van der Waals surface area contributed by atoms with Crippen LogP contribution in [0.5, 0.6) is 0 Å². The van der Waals surface area contributed by atoms with Crippen molar-refractivity contribution >= 4 is 23.3 Å². The van der Waals surface area contributed by atoms with Gasteiger partial charge in [0.05, 0.1) is 5.56 Å². The number of aryl methyl sites for hydroxylation is 1. The van der Waals surface area contributed by atoms with Crippen molar-refractivity contribution in [1.82, 2.24) is 0 Å². The molecule has 0 saturated carbocycles. The molecule has 0 aliphatic carbocycles. The lowest BCUT2D eigenvalue weighted by molar-refractivity contribution is -0.123. The van der Waals surface area contributed by atoms with Gasteiger partial charge >= 0.3 is 5.97 Å². The molecule has 5 nitrogen and oxygen atoms in total. The zero-order valence-electron chi connectivity index (χ0n) is 15.5. The summed E-state index contributed by atoms with van der Waals surface area (Å²) in [6, 6.07) is 13.4. The van der Waals surface area contributed by atoms with E-state index in [0.29, 0.717) is 16.8 Å². The monoisotopic (exact) mass is 353 g/mol. The zero-order valence-corrected chi connectivity index (χ0v) is 15.5. The van der Waals surface area contributed by atoms with Crippen LogP contribution in [0.3, 0.4) is 0 Å². The van der Waals surface area contributed by atoms with Crippen molar-refractivity contribution in [3.8, 4) is 0 Å². The topological polar surface area (TPSA) is 72.5 Å². The number of carbonyl (C=O) groups is 3. The predicted octanol–water partition coefficient (Wildman–Crippen LogP) is 4.02. The third-order valence-electron chi connectivity index (χ3n) is 3.77. The minimum Gasteiger partial charge on any atom is -0.454 e. The zero-order chi connectivity index (χ0) is 19.3. The van der Waals surface area contributed by atoms with Crippen LogP contribution in [0, 0.1) is 12.3 Å². The highest BCUT2D eigenvalue weighted by atomic mass is 16.5. The van der Waals surface area contributed by atoms with Crippen LogP contribution in [0.2, 0.25) is 0 Å². The third kappa shape index (κ3) is 5.28. The molecule has 26 heavy (non-hydrogen) atoms. The van der Waals surface area contributed by atoms with E-state index in [2.05, 4.69) is 5.32 Å². The van der Waals surface area contributed by atoms with Gasteiger partial charge in [-0.3, -0.25) is 9.59 Å². The van der Waals surface area contributed by atoms with E-state index in [4.69, 9.17) is 4.74 Å². The summed E-state index contributed by atoms with van der Waals surface area (Å²) in [4.78, 5) is 36.1. The smallest absolute Gasteiger partial charge is 0.338 e. The summed E-state index contributed by atoms with van der Waals surface area (Å²) in [5.41, 5.74) is 1.96. The fourth-order valence-corrected chi connectivity index (χ4v) is 2.05. The lowest BCUT2D eigenvalue weighted by Crippen LogP contribution is -2.27. The molecular formula is C21H23NO4. The van der Waals surface area contributed by atoms with E-state index >= 15 is 0 Å². The van der Waals surface area contributed by atoms with Crippen molar-refractivity contribution in [3.63, 3.8) is 0 Å². The minimum atomic E-state index is -0.535. The molecule has 0 unspecified atom stereocenters. The number of anilines is 1. The molecule has 0 saturated heterocycles. The van der Waals surface area contributed by atoms with Crippen molar-refractivity contribution in [2.24, 2.45) is 5.41 Å². The molecule has 0 spiro atoms. The van der Waals surface area contributed by atoms with E-state index in [-0.39, 0.29) is 18.3 Å². The summed E-state index contributed by atoms with van der Waals surface area (Å²) in [5, 5.41) is 2.79. The SMILES string of the molecule is Cc1ccc(C(=O)OCC(=O)c2ccc(NC(=O)C(C)(C)C)cc2)cc1. The van der Waals surface area contributed by atoms with Gasteiger partial charge in [-0.2, -0.15) is 0 Å². The van der Waals surface area contributed by atoms with Gasteiger partial charge in [-0.15, -0.1) is 0 Å². The van der Waals surface area contributed by atoms with E-state index in [1.807, 2.05) is 39.8 Å². The molecule has 0 radical (unpaired) electrons. The van der Waals surface area contributed by atoms with Crippen molar-refractivity contribution in [1.29, 1.82) is 0 Å². The molecule has 0 heterocycles. The van der Waals surface area contributed by atoms with Crippen LogP contribution < -0.4 is 5.32 Å². The molecule has 0 fully saturated rings. The van der Waals surface area contributed by atoms with Gasteiger partial charge in [0.25, 0.3) is 0 Å². The number of nitrogens with one attached hydrogen (secondary N) is 1. The second kappa shape index (κ2) is 7.95. The van der Waals surface area contributed by atoms with Gasteiger partial charge < -0.3 is 10.1 Å². The van der Waals surface area contributed by atoms with Crippen LogP contribution >= 0.6 is 0 Å². The Morgan fingerprint density at radius 2 is 1.42 bits per heavy atom. The average molecular weight is 353 g/mol. The second-order valence-electron chi connectivity index (χ2n) is 7.15. The average Bonchev–Trinajstić information content (AvgIpc) is 2.59. The van der Waals surface area contributed by atoms with Crippen LogP contribution in [-0.2, 0) is 9.53 Å². The number of hydrogen-bond acceptors (Lipinski definition) is 4. The molecule has 1 N–H and O–H groups in total. The first-order chi connectivity index (χ1) is 12.2. The van der Waals surface area contributed by atoms with Crippen molar-refractivity contribution in [3.05, 3.63) is 65.2 Å². The number of rotatable bonds is 5. The van der Waals surface area contributed by atoms with Crippen molar-refractivity contribution < 1.29 is 19.1 Å². The maximum atomic E-state index is 12.2. The molecular weight excluding hydrogens is 330 g/mol. The predicted molar refractivity (Wildman–Crippen MR) is 100 cm³/mol. The summed E-state index contributed by atoms with van der Waals surface area (Å²) in [6.07, 6.45) is 0. The number of ketones is 1. The summed E-state index contributed by atoms with van der Waals surface area (Å²) < 4.78 is 5.07. The first-order valence-electron chi connectivity index (χ1n) is 8.35. The van der Waals surface area contributed by atoms with Gasteiger partial charge in [-0.05, 0) is 43.3 Å². The Labute approximate surface area is 153 Å². The van der Waals surface area contributed by atoms with E-state index < -0.39 is 11.4 Å². The fourth-order valence-electron chi connectivity index (χ4n) is 2.05. The molecule has 2 aromatic rings. The molecule has 5 heteroatoms. The summed E-state index contributed by atoms with van der Waals surface area (Å²) in [6.45, 7) is 7.06. The Balaban J connectivity index is 1.92. The van der Waals surface area contributed by atoms with Crippen LogP contribution in [-0.4, -0.2) is 24.3 Å². The normalized spacial score (nSPS) is 10.9. The molecule has 1 amide bonds. The van der Waals surface area contributed by atoms with E-state index in [9.17, 15) is 14.4 Å². The molecule has 0 aromatic heterocycles. The van der Waals surface area contributed by atoms with Crippen molar-refractivity contribution in [2.75, 3.05) is 11.9 Å². The molecule has 2 aromatic carbocycles. The Bertz CT molecular complexity index is 799. The van der Waals surface area contributed by atoms with E-state index in [1.165, 1.54) is 0 Å². The largest absolute Gasteiger partial charge is 0.454 e. The van der Waals surface area contributed by atoms with Gasteiger partial charge in [0.2, 0.25) is 5.91 Å². The quantitative estimate of drug-likeness (QED) is 0.651. The van der Waals surface area contributed by atoms with Crippen molar-refractivity contribution in [2.45, 2.75) is 27.7 Å². The van der Waals surface area contributed by atoms with E-state index in [0.717, 1.165) is 5.56 Å². The number of hydrogen-bond donors (Lipinski definition) is 1. The Morgan fingerprint density at radius 3 is 1.96 bits per heavy atom. The Hall–Kier alpha value is -2.95. The highest BCUT2D eigenvalue weighted by Crippen LogP contribution is 2.18. The van der Waals surface area contributed by atoms with Gasteiger partial charge in [-0.1, -0.05) is 38.5 Å². The molecule has 136 valence electrons. The van der Waals surface area contributed by atoms with Gasteiger partial charge in [0.1, 0.15) is 0 Å². The number of ether oxygens (including phenoxy) is 1. The Morgan fingerprint density at radius 1 is 0.885 bits per heavy atom. The van der Waals surface area contributed by atoms with Gasteiger partial charge in [-0.25, -0.2) is 4.79 Å². The van der Waals surface area contributed by atoms with Crippen LogP contribution in [0.4, 0.5) is 5.69 Å². The summed E-state index contributed by atoms with van der Waals surface area (Å²) in [7, 11) is 0. The maximum Gasteiger partial charge on any atom is 0.338 e. The molecule has 0 aliphatic rings. The first kappa shape index (κ1) is 19.4. The highest BCUT2D eigenvalue weighted by molar-refractivity contribution is 6.00. The van der Waals surface area contributed by atoms with Crippen LogP contribution in [0.25, 0.3) is 0 Å². The standard InChI is InChI=1S/C21H23NO4/c1-14-5-7-16(8-6-14)19(24)26-13-18(23)15-9-11-17(12-10-15)22-20(25)21(2,3)4/h5-12H,13H2,1-4H3,(H,22,25). The lowest BCUT2D eigenvalue weighted by Gasteiger charge is -2.17. The first-order valence-corrected chi connectivity index (χ1v) is 8.35. The fraction of sp³-hybridized carbons (Fsp3) is 0.286. The third-order valence-corrected chi connectivity index (χ3v) is 3.77. The number of carbonyl (C=O) groups excluding carboxylic acids is 3. The van der Waals surface area contributed by atoms with E-state index in [1.54, 1.807) is 36.4 Å². The van der Waals surface area contributed by atoms with Gasteiger partial charge in [0, 0.05) is 16.7 Å². The maximum absolute atomic E-state index is 12.2. The van der Waals surface area contributed by atoms with Crippen LogP contribution in [0.15, 0.2) is 48.5 Å². The molecule has 0 aliphatic heterocycles. The minimum absolute atomic E-state index is 0.108. The van der Waals surface area contributed by atoms with Gasteiger partial charge in [0.15, 0.2) is 12.4 Å². The summed E-state index contributed by atoms with van der Waals surface area (Å²) >= 11 is 0. The summed E-state index contributed by atoms with van der Waals surface area (Å²) in [5.74, 6) is -0.949. The number of esters is 1. The molecule has 0 atom stereocenters. The molecule has 2 rings (SSSR count). The highest BCUT2D eigenvalue weighted by Gasteiger charge is 2.21. The molecule has 0 bridgehead atoms. The number of benzene rings is 2. The number of Topliss-reactive ketones (excluding diaryl/α,β-unsaturated/α-hetero) is 1. The Kier molecular flexibility index (Phi) is 5.93. The van der Waals surface area contributed by atoms with Crippen LogP contribution in [0.1, 0.15) is 47.1 Å². The second-order valence-corrected chi connectivity index (χ2v) is 7.15. The number of amides is 1. The lowest BCUT2D eigenvalue weighted by atomic mass is 9.95.